The number of urea groups is 1. The van der Waals surface area contributed by atoms with Crippen LogP contribution in [0, 0.1) is 13.8 Å². The van der Waals surface area contributed by atoms with Crippen LogP contribution in [0.5, 0.6) is 0 Å². The highest BCUT2D eigenvalue weighted by atomic mass is 16.3. The van der Waals surface area contributed by atoms with E-state index in [-0.39, 0.29) is 29.9 Å². The van der Waals surface area contributed by atoms with Gasteiger partial charge in [-0.15, -0.1) is 0 Å². The molecule has 2 N–H and O–H groups in total. The second kappa shape index (κ2) is 8.67. The first-order valence-corrected chi connectivity index (χ1v) is 10.1. The highest BCUT2D eigenvalue weighted by Gasteiger charge is 2.32. The summed E-state index contributed by atoms with van der Waals surface area (Å²) in [5, 5.41) is 6.02. The number of hydrogen-bond donors (Lipinski definition) is 2. The van der Waals surface area contributed by atoms with E-state index in [0.29, 0.717) is 50.2 Å². The van der Waals surface area contributed by atoms with E-state index in [1.807, 2.05) is 18.7 Å². The summed E-state index contributed by atoms with van der Waals surface area (Å²) in [6, 6.07) is 1.55. The maximum absolute atomic E-state index is 12.5. The number of nitrogens with zero attached hydrogens (tertiary/aromatic N) is 2. The number of rotatable bonds is 5. The molecular weight excluding hydrogens is 360 g/mol. The molecule has 0 spiro atoms. The third-order valence-corrected chi connectivity index (χ3v) is 5.44. The van der Waals surface area contributed by atoms with Crippen molar-refractivity contribution in [2.45, 2.75) is 58.5 Å². The maximum atomic E-state index is 12.5. The Morgan fingerprint density at radius 2 is 1.89 bits per heavy atom. The minimum atomic E-state index is -0.127. The topological polar surface area (TPSA) is 94.9 Å². The Labute approximate surface area is 165 Å². The lowest BCUT2D eigenvalue weighted by atomic mass is 10.0. The summed E-state index contributed by atoms with van der Waals surface area (Å²) in [5.41, 5.74) is 0.570. The van der Waals surface area contributed by atoms with Crippen LogP contribution < -0.4 is 10.6 Å². The molecule has 28 heavy (non-hydrogen) atoms. The van der Waals surface area contributed by atoms with Crippen LogP contribution in [0.4, 0.5) is 4.79 Å². The summed E-state index contributed by atoms with van der Waals surface area (Å²) in [6.45, 7) is 8.14. The fraction of sp³-hybridized carbons (Fsp3) is 0.650. The van der Waals surface area contributed by atoms with Crippen molar-refractivity contribution in [3.8, 4) is 0 Å². The van der Waals surface area contributed by atoms with E-state index in [1.54, 1.807) is 17.9 Å². The summed E-state index contributed by atoms with van der Waals surface area (Å²) in [7, 11) is 0. The third-order valence-electron chi connectivity index (χ3n) is 5.44. The Morgan fingerprint density at radius 3 is 2.50 bits per heavy atom. The van der Waals surface area contributed by atoms with Crippen molar-refractivity contribution in [2.24, 2.45) is 0 Å². The predicted octanol–water partition coefficient (Wildman–Crippen LogP) is 1.81. The van der Waals surface area contributed by atoms with Crippen LogP contribution in [0.15, 0.2) is 10.5 Å². The predicted molar refractivity (Wildman–Crippen MR) is 104 cm³/mol. The fourth-order valence-electron chi connectivity index (χ4n) is 3.97. The molecule has 0 aliphatic carbocycles. The zero-order valence-electron chi connectivity index (χ0n) is 16.9. The van der Waals surface area contributed by atoms with Crippen molar-refractivity contribution >= 4 is 17.8 Å². The highest BCUT2D eigenvalue weighted by Crippen LogP contribution is 2.17. The smallest absolute Gasteiger partial charge is 0.317 e. The number of piperidine rings is 1. The van der Waals surface area contributed by atoms with Gasteiger partial charge in [0.05, 0.1) is 11.6 Å². The maximum Gasteiger partial charge on any atom is 0.317 e. The van der Waals surface area contributed by atoms with Gasteiger partial charge in [0.2, 0.25) is 5.91 Å². The van der Waals surface area contributed by atoms with Gasteiger partial charge in [-0.05, 0) is 39.2 Å². The summed E-state index contributed by atoms with van der Waals surface area (Å²) >= 11 is 0. The molecule has 0 aromatic carbocycles. The standard InChI is InChI=1S/C20H30N4O4/c1-4-7-24-12-16(11-18(24)25)22-20(27)23-8-5-15(6-9-23)21-19(26)17-10-13(2)28-14(17)3/h10,15-16H,4-9,11-12H2,1-3H3,(H,21,26)(H,22,27). The van der Waals surface area contributed by atoms with E-state index >= 15 is 0 Å². The second-order valence-corrected chi connectivity index (χ2v) is 7.75. The SMILES string of the molecule is CCCN1CC(NC(=O)N2CCC(NC(=O)c3cc(C)oc3C)CC2)CC1=O. The number of aryl methyl sites for hydroxylation is 2. The van der Waals surface area contributed by atoms with E-state index in [4.69, 9.17) is 4.42 Å². The molecule has 1 atom stereocenters. The first-order chi connectivity index (χ1) is 13.4. The second-order valence-electron chi connectivity index (χ2n) is 7.75. The van der Waals surface area contributed by atoms with Crippen molar-refractivity contribution < 1.29 is 18.8 Å². The van der Waals surface area contributed by atoms with Gasteiger partial charge in [-0.25, -0.2) is 4.79 Å². The van der Waals surface area contributed by atoms with Gasteiger partial charge in [-0.3, -0.25) is 9.59 Å². The monoisotopic (exact) mass is 390 g/mol. The quantitative estimate of drug-likeness (QED) is 0.802. The normalized spacial score (nSPS) is 20.5. The van der Waals surface area contributed by atoms with Gasteiger partial charge in [0.1, 0.15) is 11.5 Å². The molecule has 1 unspecified atom stereocenters. The molecule has 0 bridgehead atoms. The molecule has 2 aliphatic heterocycles. The minimum Gasteiger partial charge on any atom is -0.466 e. The molecule has 8 nitrogen and oxygen atoms in total. The average Bonchev–Trinajstić information content (AvgIpc) is 3.17. The molecule has 0 saturated carbocycles. The fourth-order valence-corrected chi connectivity index (χ4v) is 3.97. The van der Waals surface area contributed by atoms with E-state index < -0.39 is 0 Å². The first-order valence-electron chi connectivity index (χ1n) is 10.1. The number of likely N-dealkylation sites (tertiary alicyclic amines) is 2. The minimum absolute atomic E-state index is 0.0410. The summed E-state index contributed by atoms with van der Waals surface area (Å²) < 4.78 is 5.42. The van der Waals surface area contributed by atoms with Crippen molar-refractivity contribution in [2.75, 3.05) is 26.2 Å². The van der Waals surface area contributed by atoms with Crippen LogP contribution in [0.3, 0.4) is 0 Å². The van der Waals surface area contributed by atoms with E-state index in [2.05, 4.69) is 10.6 Å². The van der Waals surface area contributed by atoms with Gasteiger partial charge >= 0.3 is 6.03 Å². The first kappa shape index (κ1) is 20.2. The Bertz CT molecular complexity index is 737. The number of hydrogen-bond acceptors (Lipinski definition) is 4. The Kier molecular flexibility index (Phi) is 6.26. The molecule has 1 aromatic rings. The van der Waals surface area contributed by atoms with Gasteiger partial charge in [0.15, 0.2) is 0 Å². The average molecular weight is 390 g/mol. The number of furan rings is 1. The number of carbonyl (C=O) groups is 3. The zero-order valence-corrected chi connectivity index (χ0v) is 16.9. The van der Waals surface area contributed by atoms with Gasteiger partial charge < -0.3 is 24.9 Å². The number of carbonyl (C=O) groups excluding carboxylic acids is 3. The largest absolute Gasteiger partial charge is 0.466 e. The molecule has 1 aromatic heterocycles. The number of amides is 4. The van der Waals surface area contributed by atoms with Crippen LogP contribution in [0.1, 0.15) is 54.5 Å². The van der Waals surface area contributed by atoms with Gasteiger partial charge in [-0.2, -0.15) is 0 Å². The van der Waals surface area contributed by atoms with Crippen LogP contribution in [-0.4, -0.2) is 65.9 Å². The molecule has 4 amide bonds. The zero-order chi connectivity index (χ0) is 20.3. The molecule has 2 fully saturated rings. The lowest BCUT2D eigenvalue weighted by Crippen LogP contribution is -2.51. The van der Waals surface area contributed by atoms with Crippen molar-refractivity contribution in [3.63, 3.8) is 0 Å². The van der Waals surface area contributed by atoms with E-state index in [0.717, 1.165) is 18.7 Å². The van der Waals surface area contributed by atoms with Crippen molar-refractivity contribution in [1.82, 2.24) is 20.4 Å². The van der Waals surface area contributed by atoms with E-state index in [9.17, 15) is 14.4 Å². The molecule has 3 heterocycles. The third kappa shape index (κ3) is 4.66. The summed E-state index contributed by atoms with van der Waals surface area (Å²) in [4.78, 5) is 40.4. The summed E-state index contributed by atoms with van der Waals surface area (Å²) in [5.74, 6) is 1.32. The van der Waals surface area contributed by atoms with Crippen LogP contribution >= 0.6 is 0 Å². The molecule has 154 valence electrons. The van der Waals surface area contributed by atoms with Crippen molar-refractivity contribution in [3.05, 3.63) is 23.2 Å². The van der Waals surface area contributed by atoms with E-state index in [1.165, 1.54) is 0 Å². The molecule has 0 radical (unpaired) electrons. The lowest BCUT2D eigenvalue weighted by Gasteiger charge is -2.33. The summed E-state index contributed by atoms with van der Waals surface area (Å²) in [6.07, 6.45) is 2.71. The van der Waals surface area contributed by atoms with Crippen molar-refractivity contribution in [1.29, 1.82) is 0 Å². The van der Waals surface area contributed by atoms with Gasteiger partial charge in [0.25, 0.3) is 5.91 Å². The molecule has 8 heteroatoms. The molecule has 2 saturated heterocycles. The number of nitrogens with one attached hydrogen (secondary N) is 2. The van der Waals surface area contributed by atoms with Gasteiger partial charge in [0, 0.05) is 38.6 Å². The Hall–Kier alpha value is -2.51. The van der Waals surface area contributed by atoms with Gasteiger partial charge in [-0.1, -0.05) is 6.92 Å². The molecule has 3 rings (SSSR count). The van der Waals surface area contributed by atoms with Crippen LogP contribution in [0.2, 0.25) is 0 Å². The van der Waals surface area contributed by atoms with Crippen LogP contribution in [-0.2, 0) is 4.79 Å². The molecule has 2 aliphatic rings. The Morgan fingerprint density at radius 1 is 1.18 bits per heavy atom. The lowest BCUT2D eigenvalue weighted by molar-refractivity contribution is -0.127. The van der Waals surface area contributed by atoms with Crippen LogP contribution in [0.25, 0.3) is 0 Å². The molecular formula is C20H30N4O4. The highest BCUT2D eigenvalue weighted by molar-refractivity contribution is 5.95. The Balaban J connectivity index is 1.43.